The first-order valence-electron chi connectivity index (χ1n) is 6.79. The number of hydrogen-bond donors (Lipinski definition) is 1. The fourth-order valence-electron chi connectivity index (χ4n) is 2.29. The molecule has 0 unspecified atom stereocenters. The molecule has 1 aliphatic rings. The zero-order valence-electron chi connectivity index (χ0n) is 12.1. The van der Waals surface area contributed by atoms with Crippen LogP contribution in [0, 0.1) is 0 Å². The van der Waals surface area contributed by atoms with E-state index < -0.39 is 16.0 Å². The molecule has 21 heavy (non-hydrogen) atoms. The average molecular weight is 313 g/mol. The van der Waals surface area contributed by atoms with Crippen LogP contribution < -0.4 is 4.31 Å². The monoisotopic (exact) mass is 313 g/mol. The molecular weight excluding hydrogens is 294 g/mol. The minimum atomic E-state index is -3.44. The van der Waals surface area contributed by atoms with Crippen LogP contribution in [-0.2, 0) is 21.2 Å². The van der Waals surface area contributed by atoms with Crippen molar-refractivity contribution in [2.75, 3.05) is 23.2 Å². The molecule has 1 aromatic rings. The fourth-order valence-corrected chi connectivity index (χ4v) is 3.67. The molecule has 0 bridgehead atoms. The van der Waals surface area contributed by atoms with E-state index in [9.17, 15) is 13.2 Å². The lowest BCUT2D eigenvalue weighted by molar-refractivity contribution is 0.0696. The molecule has 116 valence electrons. The van der Waals surface area contributed by atoms with Crippen LogP contribution in [0.1, 0.15) is 29.8 Å². The second-order valence-corrected chi connectivity index (χ2v) is 7.22. The van der Waals surface area contributed by atoms with E-state index in [4.69, 9.17) is 9.84 Å². The van der Waals surface area contributed by atoms with Gasteiger partial charge in [0.2, 0.25) is 10.0 Å². The molecular formula is C14H19NO5S. The molecule has 1 heterocycles. The lowest BCUT2D eigenvalue weighted by atomic mass is 10.1. The molecule has 1 N–H and O–H groups in total. The molecule has 0 aromatic heterocycles. The molecule has 2 rings (SSSR count). The van der Waals surface area contributed by atoms with Crippen LogP contribution in [0.15, 0.2) is 18.2 Å². The van der Waals surface area contributed by atoms with Crippen molar-refractivity contribution in [3.05, 3.63) is 29.3 Å². The minimum absolute atomic E-state index is 0.0100. The standard InChI is InChI=1S/C14H19NO5S/c1-10(2)20-7-8-21(18,19)15-6-5-11-9-12(14(16)17)3-4-13(11)15/h3-4,9-10H,5-8H2,1-2H3,(H,16,17). The lowest BCUT2D eigenvalue weighted by Gasteiger charge is -2.20. The normalized spacial score (nSPS) is 14.5. The van der Waals surface area contributed by atoms with Gasteiger partial charge in [-0.3, -0.25) is 4.31 Å². The Bertz CT molecular complexity index is 639. The highest BCUT2D eigenvalue weighted by Gasteiger charge is 2.29. The Morgan fingerprint density at radius 1 is 1.43 bits per heavy atom. The van der Waals surface area contributed by atoms with Gasteiger partial charge >= 0.3 is 5.97 Å². The number of nitrogens with zero attached hydrogens (tertiary/aromatic N) is 1. The summed E-state index contributed by atoms with van der Waals surface area (Å²) in [5, 5.41) is 8.96. The molecule has 7 heteroatoms. The van der Waals surface area contributed by atoms with Crippen LogP contribution in [0.3, 0.4) is 0 Å². The first-order chi connectivity index (χ1) is 9.81. The third-order valence-corrected chi connectivity index (χ3v) is 5.04. The predicted octanol–water partition coefficient (Wildman–Crippen LogP) is 1.50. The zero-order valence-corrected chi connectivity index (χ0v) is 12.9. The molecule has 1 aliphatic heterocycles. The van der Waals surface area contributed by atoms with E-state index in [0.717, 1.165) is 5.56 Å². The summed E-state index contributed by atoms with van der Waals surface area (Å²) in [5.41, 5.74) is 1.50. The number of carbonyl (C=O) groups is 1. The van der Waals surface area contributed by atoms with Crippen LogP contribution in [-0.4, -0.2) is 44.5 Å². The maximum Gasteiger partial charge on any atom is 0.335 e. The summed E-state index contributed by atoms with van der Waals surface area (Å²) in [6.45, 7) is 4.21. The number of rotatable bonds is 6. The van der Waals surface area contributed by atoms with Crippen LogP contribution >= 0.6 is 0 Å². The number of hydrogen-bond acceptors (Lipinski definition) is 4. The summed E-state index contributed by atoms with van der Waals surface area (Å²) in [5.74, 6) is -1.09. The lowest BCUT2D eigenvalue weighted by Crippen LogP contribution is -2.33. The number of sulfonamides is 1. The Kier molecular flexibility index (Phi) is 4.53. The highest BCUT2D eigenvalue weighted by Crippen LogP contribution is 2.31. The Balaban J connectivity index is 2.16. The molecule has 1 aromatic carbocycles. The summed E-state index contributed by atoms with van der Waals surface area (Å²) in [6.07, 6.45) is 0.518. The smallest absolute Gasteiger partial charge is 0.335 e. The predicted molar refractivity (Wildman–Crippen MR) is 79.3 cm³/mol. The van der Waals surface area contributed by atoms with Crippen LogP contribution in [0.25, 0.3) is 0 Å². The Labute approximate surface area is 124 Å². The Morgan fingerprint density at radius 2 is 2.14 bits per heavy atom. The average Bonchev–Trinajstić information content (AvgIpc) is 2.81. The van der Waals surface area contributed by atoms with E-state index in [2.05, 4.69) is 0 Å². The molecule has 0 atom stereocenters. The van der Waals surface area contributed by atoms with Crippen molar-refractivity contribution >= 4 is 21.7 Å². The molecule has 0 aliphatic carbocycles. The van der Waals surface area contributed by atoms with Crippen LogP contribution in [0.2, 0.25) is 0 Å². The van der Waals surface area contributed by atoms with Crippen LogP contribution in [0.4, 0.5) is 5.69 Å². The van der Waals surface area contributed by atoms with Crippen molar-refractivity contribution in [3.63, 3.8) is 0 Å². The molecule has 0 saturated carbocycles. The summed E-state index contributed by atoms with van der Waals surface area (Å²) in [7, 11) is -3.44. The summed E-state index contributed by atoms with van der Waals surface area (Å²) < 4.78 is 31.3. The molecule has 0 radical (unpaired) electrons. The number of carboxylic acids is 1. The summed E-state index contributed by atoms with van der Waals surface area (Å²) in [6, 6.07) is 4.53. The maximum atomic E-state index is 12.3. The Morgan fingerprint density at radius 3 is 2.76 bits per heavy atom. The minimum Gasteiger partial charge on any atom is -0.478 e. The topological polar surface area (TPSA) is 83.9 Å². The van der Waals surface area contributed by atoms with Crippen LogP contribution in [0.5, 0.6) is 0 Å². The van der Waals surface area contributed by atoms with Gasteiger partial charge in [-0.2, -0.15) is 0 Å². The number of carboxylic acid groups (broad SMARTS) is 1. The number of fused-ring (bicyclic) bond motifs is 1. The van der Waals surface area contributed by atoms with E-state index in [-0.39, 0.29) is 24.0 Å². The highest BCUT2D eigenvalue weighted by molar-refractivity contribution is 7.92. The number of aromatic carboxylic acids is 1. The third kappa shape index (κ3) is 3.54. The van der Waals surface area contributed by atoms with Gasteiger partial charge in [-0.1, -0.05) is 0 Å². The van der Waals surface area contributed by atoms with Crippen molar-refractivity contribution in [2.24, 2.45) is 0 Å². The second kappa shape index (κ2) is 6.03. The van der Waals surface area contributed by atoms with Gasteiger partial charge in [0, 0.05) is 6.54 Å². The molecule has 0 amide bonds. The third-order valence-electron chi connectivity index (χ3n) is 3.31. The molecule has 6 nitrogen and oxygen atoms in total. The maximum absolute atomic E-state index is 12.3. The molecule has 0 fully saturated rings. The fraction of sp³-hybridized carbons (Fsp3) is 0.500. The second-order valence-electron chi connectivity index (χ2n) is 5.21. The van der Waals surface area contributed by atoms with Crippen molar-refractivity contribution in [1.29, 1.82) is 0 Å². The van der Waals surface area contributed by atoms with Gasteiger partial charge in [-0.15, -0.1) is 0 Å². The van der Waals surface area contributed by atoms with Gasteiger partial charge in [-0.25, -0.2) is 13.2 Å². The highest BCUT2D eigenvalue weighted by atomic mass is 32.2. The van der Waals surface area contributed by atoms with Crippen molar-refractivity contribution in [3.8, 4) is 0 Å². The molecule has 0 spiro atoms. The molecule has 0 saturated heterocycles. The van der Waals surface area contributed by atoms with Gasteiger partial charge in [0.15, 0.2) is 0 Å². The van der Waals surface area contributed by atoms with Crippen molar-refractivity contribution < 1.29 is 23.1 Å². The van der Waals surface area contributed by atoms with Gasteiger partial charge in [0.05, 0.1) is 29.7 Å². The quantitative estimate of drug-likeness (QED) is 0.860. The van der Waals surface area contributed by atoms with Crippen molar-refractivity contribution in [2.45, 2.75) is 26.4 Å². The number of benzene rings is 1. The van der Waals surface area contributed by atoms with Crippen molar-refractivity contribution in [1.82, 2.24) is 0 Å². The zero-order chi connectivity index (χ0) is 15.6. The first kappa shape index (κ1) is 15.8. The van der Waals surface area contributed by atoms with E-state index in [1.54, 1.807) is 6.07 Å². The van der Waals surface area contributed by atoms with E-state index in [0.29, 0.717) is 18.7 Å². The number of ether oxygens (including phenoxy) is 1. The van der Waals surface area contributed by atoms with E-state index in [1.165, 1.54) is 16.4 Å². The summed E-state index contributed by atoms with van der Waals surface area (Å²) in [4.78, 5) is 10.9. The Hall–Kier alpha value is -1.60. The van der Waals surface area contributed by atoms with Gasteiger partial charge in [-0.05, 0) is 44.0 Å². The number of anilines is 1. The summed E-state index contributed by atoms with van der Waals surface area (Å²) >= 11 is 0. The van der Waals surface area contributed by atoms with Gasteiger partial charge in [0.1, 0.15) is 0 Å². The van der Waals surface area contributed by atoms with E-state index >= 15 is 0 Å². The first-order valence-corrected chi connectivity index (χ1v) is 8.40. The van der Waals surface area contributed by atoms with Gasteiger partial charge in [0.25, 0.3) is 0 Å². The van der Waals surface area contributed by atoms with Gasteiger partial charge < -0.3 is 9.84 Å². The van der Waals surface area contributed by atoms with E-state index in [1.807, 2.05) is 13.8 Å². The largest absolute Gasteiger partial charge is 0.478 e. The SMILES string of the molecule is CC(C)OCCS(=O)(=O)N1CCc2cc(C(=O)O)ccc21.